The maximum absolute atomic E-state index is 5.17. The van der Waals surface area contributed by atoms with Gasteiger partial charge in [-0.1, -0.05) is 54.1 Å². The van der Waals surface area contributed by atoms with Crippen molar-refractivity contribution >= 4 is 0 Å². The molecule has 0 aromatic heterocycles. The standard InChI is InChI=1S/C18H23NO/c1-14-6-4-9-18(10-14)15(2)19-12-16-7-5-8-17(11-16)13-20-3/h4-11,15,19H,12-13H2,1-3H3. The summed E-state index contributed by atoms with van der Waals surface area (Å²) in [5, 5.41) is 3.57. The Bertz CT molecular complexity index is 551. The zero-order chi connectivity index (χ0) is 14.4. The maximum Gasteiger partial charge on any atom is 0.0713 e. The van der Waals surface area contributed by atoms with Crippen molar-refractivity contribution in [3.05, 3.63) is 70.8 Å². The number of methoxy groups -OCH3 is 1. The van der Waals surface area contributed by atoms with Crippen LogP contribution in [0.2, 0.25) is 0 Å². The van der Waals surface area contributed by atoms with Crippen molar-refractivity contribution < 1.29 is 4.74 Å². The van der Waals surface area contributed by atoms with E-state index in [9.17, 15) is 0 Å². The average molecular weight is 269 g/mol. The molecule has 0 aliphatic rings. The fraction of sp³-hybridized carbons (Fsp3) is 0.333. The monoisotopic (exact) mass is 269 g/mol. The largest absolute Gasteiger partial charge is 0.380 e. The van der Waals surface area contributed by atoms with Crippen molar-refractivity contribution in [2.75, 3.05) is 7.11 Å². The highest BCUT2D eigenvalue weighted by molar-refractivity contribution is 5.26. The van der Waals surface area contributed by atoms with Gasteiger partial charge in [0.2, 0.25) is 0 Å². The first kappa shape index (κ1) is 14.8. The third-order valence-corrected chi connectivity index (χ3v) is 3.46. The lowest BCUT2D eigenvalue weighted by molar-refractivity contribution is 0.185. The molecule has 0 fully saturated rings. The summed E-state index contributed by atoms with van der Waals surface area (Å²) in [6.45, 7) is 5.87. The van der Waals surface area contributed by atoms with Crippen LogP contribution in [0.1, 0.15) is 35.2 Å². The Kier molecular flexibility index (Phi) is 5.33. The van der Waals surface area contributed by atoms with Crippen molar-refractivity contribution in [1.29, 1.82) is 0 Å². The van der Waals surface area contributed by atoms with Crippen LogP contribution in [0.4, 0.5) is 0 Å². The highest BCUT2D eigenvalue weighted by Crippen LogP contribution is 2.15. The summed E-state index contributed by atoms with van der Waals surface area (Å²) in [7, 11) is 1.73. The number of aryl methyl sites for hydroxylation is 1. The average Bonchev–Trinajstić information content (AvgIpc) is 2.45. The van der Waals surface area contributed by atoms with E-state index in [0.717, 1.165) is 6.54 Å². The summed E-state index contributed by atoms with van der Waals surface area (Å²) < 4.78 is 5.17. The fourth-order valence-corrected chi connectivity index (χ4v) is 2.32. The molecule has 2 nitrogen and oxygen atoms in total. The molecular formula is C18H23NO. The number of hydrogen-bond donors (Lipinski definition) is 1. The topological polar surface area (TPSA) is 21.3 Å². The van der Waals surface area contributed by atoms with Gasteiger partial charge in [-0.3, -0.25) is 0 Å². The van der Waals surface area contributed by atoms with E-state index >= 15 is 0 Å². The highest BCUT2D eigenvalue weighted by atomic mass is 16.5. The fourth-order valence-electron chi connectivity index (χ4n) is 2.32. The molecule has 0 bridgehead atoms. The summed E-state index contributed by atoms with van der Waals surface area (Å²) >= 11 is 0. The first-order chi connectivity index (χ1) is 9.69. The lowest BCUT2D eigenvalue weighted by Gasteiger charge is -2.15. The third kappa shape index (κ3) is 4.19. The molecule has 2 aromatic carbocycles. The zero-order valence-corrected chi connectivity index (χ0v) is 12.5. The number of hydrogen-bond acceptors (Lipinski definition) is 2. The van der Waals surface area contributed by atoms with E-state index in [1.807, 2.05) is 0 Å². The molecule has 0 saturated carbocycles. The lowest BCUT2D eigenvalue weighted by atomic mass is 10.1. The molecule has 0 saturated heterocycles. The minimum Gasteiger partial charge on any atom is -0.380 e. The van der Waals surface area contributed by atoms with E-state index in [0.29, 0.717) is 12.6 Å². The van der Waals surface area contributed by atoms with Crippen LogP contribution in [0.5, 0.6) is 0 Å². The van der Waals surface area contributed by atoms with Crippen LogP contribution < -0.4 is 5.32 Å². The molecule has 1 unspecified atom stereocenters. The van der Waals surface area contributed by atoms with E-state index in [-0.39, 0.29) is 0 Å². The quantitative estimate of drug-likeness (QED) is 0.856. The van der Waals surface area contributed by atoms with Gasteiger partial charge in [-0.05, 0) is 30.5 Å². The summed E-state index contributed by atoms with van der Waals surface area (Å²) in [6, 6.07) is 17.5. The minimum absolute atomic E-state index is 0.348. The van der Waals surface area contributed by atoms with Gasteiger partial charge in [-0.2, -0.15) is 0 Å². The maximum atomic E-state index is 5.17. The normalized spacial score (nSPS) is 12.3. The Balaban J connectivity index is 1.96. The van der Waals surface area contributed by atoms with Crippen molar-refractivity contribution in [2.45, 2.75) is 33.0 Å². The van der Waals surface area contributed by atoms with E-state index in [2.05, 4.69) is 67.7 Å². The van der Waals surface area contributed by atoms with Gasteiger partial charge < -0.3 is 10.1 Å². The highest BCUT2D eigenvalue weighted by Gasteiger charge is 2.05. The van der Waals surface area contributed by atoms with Crippen LogP contribution in [0.25, 0.3) is 0 Å². The van der Waals surface area contributed by atoms with Gasteiger partial charge in [0, 0.05) is 19.7 Å². The van der Waals surface area contributed by atoms with Crippen molar-refractivity contribution in [3.8, 4) is 0 Å². The van der Waals surface area contributed by atoms with Crippen LogP contribution in [-0.2, 0) is 17.9 Å². The van der Waals surface area contributed by atoms with Gasteiger partial charge in [-0.25, -0.2) is 0 Å². The van der Waals surface area contributed by atoms with Gasteiger partial charge in [0.05, 0.1) is 6.61 Å². The first-order valence-corrected chi connectivity index (χ1v) is 7.06. The minimum atomic E-state index is 0.348. The Morgan fingerprint density at radius 2 is 1.80 bits per heavy atom. The molecule has 1 N–H and O–H groups in total. The first-order valence-electron chi connectivity index (χ1n) is 7.06. The molecule has 2 rings (SSSR count). The Morgan fingerprint density at radius 3 is 2.55 bits per heavy atom. The number of ether oxygens (including phenoxy) is 1. The Morgan fingerprint density at radius 1 is 1.05 bits per heavy atom. The molecule has 2 heteroatoms. The summed E-state index contributed by atoms with van der Waals surface area (Å²) in [5.41, 5.74) is 5.14. The number of nitrogens with one attached hydrogen (secondary N) is 1. The molecule has 0 aliphatic heterocycles. The van der Waals surface area contributed by atoms with Gasteiger partial charge in [0.15, 0.2) is 0 Å². The molecule has 106 valence electrons. The van der Waals surface area contributed by atoms with Crippen molar-refractivity contribution in [2.24, 2.45) is 0 Å². The van der Waals surface area contributed by atoms with Crippen LogP contribution in [-0.4, -0.2) is 7.11 Å². The van der Waals surface area contributed by atoms with Gasteiger partial charge in [0.1, 0.15) is 0 Å². The lowest BCUT2D eigenvalue weighted by Crippen LogP contribution is -2.18. The second-order valence-corrected chi connectivity index (χ2v) is 5.27. The molecule has 2 aromatic rings. The van der Waals surface area contributed by atoms with Crippen LogP contribution >= 0.6 is 0 Å². The molecule has 0 heterocycles. The van der Waals surface area contributed by atoms with E-state index in [1.54, 1.807) is 7.11 Å². The molecule has 20 heavy (non-hydrogen) atoms. The zero-order valence-electron chi connectivity index (χ0n) is 12.5. The summed E-state index contributed by atoms with van der Waals surface area (Å²) in [6.07, 6.45) is 0. The third-order valence-electron chi connectivity index (χ3n) is 3.46. The van der Waals surface area contributed by atoms with E-state index < -0.39 is 0 Å². The second kappa shape index (κ2) is 7.22. The van der Waals surface area contributed by atoms with Gasteiger partial charge >= 0.3 is 0 Å². The van der Waals surface area contributed by atoms with Crippen molar-refractivity contribution in [3.63, 3.8) is 0 Å². The Hall–Kier alpha value is -1.64. The predicted molar refractivity (Wildman–Crippen MR) is 83.6 cm³/mol. The summed E-state index contributed by atoms with van der Waals surface area (Å²) in [5.74, 6) is 0. The molecule has 0 spiro atoms. The van der Waals surface area contributed by atoms with Gasteiger partial charge in [0.25, 0.3) is 0 Å². The molecule has 1 atom stereocenters. The predicted octanol–water partition coefficient (Wildman–Crippen LogP) is 3.99. The molecular weight excluding hydrogens is 246 g/mol. The molecule has 0 aliphatic carbocycles. The van der Waals surface area contributed by atoms with E-state index in [4.69, 9.17) is 4.74 Å². The molecule has 0 amide bonds. The summed E-state index contributed by atoms with van der Waals surface area (Å²) in [4.78, 5) is 0. The second-order valence-electron chi connectivity index (χ2n) is 5.27. The van der Waals surface area contributed by atoms with Crippen LogP contribution in [0.15, 0.2) is 48.5 Å². The van der Waals surface area contributed by atoms with E-state index in [1.165, 1.54) is 22.3 Å². The number of rotatable bonds is 6. The molecule has 0 radical (unpaired) electrons. The number of benzene rings is 2. The van der Waals surface area contributed by atoms with Crippen LogP contribution in [0, 0.1) is 6.92 Å². The smallest absolute Gasteiger partial charge is 0.0713 e. The SMILES string of the molecule is COCc1cccc(CNC(C)c2cccc(C)c2)c1. The van der Waals surface area contributed by atoms with Gasteiger partial charge in [-0.15, -0.1) is 0 Å². The Labute approximate surface area is 121 Å². The van der Waals surface area contributed by atoms with Crippen LogP contribution in [0.3, 0.4) is 0 Å². The van der Waals surface area contributed by atoms with Crippen molar-refractivity contribution in [1.82, 2.24) is 5.32 Å².